The molecule has 4 heterocycles. The highest BCUT2D eigenvalue weighted by Crippen LogP contribution is 2.50. The second kappa shape index (κ2) is 35.6. The van der Waals surface area contributed by atoms with Gasteiger partial charge in [0.05, 0.1) is 28.5 Å². The van der Waals surface area contributed by atoms with Crippen LogP contribution in [0.15, 0.2) is 319 Å². The van der Waals surface area contributed by atoms with Crippen molar-refractivity contribution in [1.29, 1.82) is 0 Å². The molecule has 0 aliphatic carbocycles. The minimum absolute atomic E-state index is 0.0422. The molecule has 0 atom stereocenters. The van der Waals surface area contributed by atoms with Gasteiger partial charge in [0.25, 0.3) is 0 Å². The summed E-state index contributed by atoms with van der Waals surface area (Å²) in [5.41, 5.74) is 3.17. The van der Waals surface area contributed by atoms with Gasteiger partial charge in [-0.2, -0.15) is 87.8 Å². The molecule has 0 radical (unpaired) electrons. The van der Waals surface area contributed by atoms with Crippen molar-refractivity contribution in [3.05, 3.63) is 371 Å². The summed E-state index contributed by atoms with van der Waals surface area (Å²) >= 11 is 0. The van der Waals surface area contributed by atoms with Gasteiger partial charge in [-0.05, 0) is 152 Å². The maximum absolute atomic E-state index is 14.7. The Morgan fingerprint density at radius 1 is 0.310 bits per heavy atom. The second-order valence-corrected chi connectivity index (χ2v) is 28.6. The fourth-order valence-corrected chi connectivity index (χ4v) is 13.9. The Balaban J connectivity index is 0.000000205. The molecule has 0 amide bonds. The highest BCUT2D eigenvalue weighted by atomic mass is 19.4. The van der Waals surface area contributed by atoms with E-state index in [0.717, 1.165) is 81.3 Å². The molecule has 13 aromatic rings. The van der Waals surface area contributed by atoms with E-state index in [-0.39, 0.29) is 78.6 Å². The number of halogens is 24. The van der Waals surface area contributed by atoms with Gasteiger partial charge in [-0.25, -0.2) is 27.5 Å². The van der Waals surface area contributed by atoms with E-state index in [1.165, 1.54) is 97.1 Å². The smallest absolute Gasteiger partial charge is 0.385 e. The Morgan fingerprint density at radius 2 is 0.651 bits per heavy atom. The predicted octanol–water partition coefficient (Wildman–Crippen LogP) is 26.3. The maximum atomic E-state index is 14.7. The first-order chi connectivity index (χ1) is 59.7. The van der Waals surface area contributed by atoms with E-state index in [9.17, 15) is 105 Å². The van der Waals surface area contributed by atoms with E-state index < -0.39 is 124 Å². The molecule has 0 fully saturated rings. The van der Waals surface area contributed by atoms with Crippen molar-refractivity contribution < 1.29 is 124 Å². The molecule has 2 aliphatic heterocycles. The SMILES string of the molecule is FC(F)(F)C(F)(F)COB(OCC(F)(F)C(F)(F)F)n1c(-c2ccccc2)cc(-c2cccc3ccccc23)c1/C=C1\N=C(c2ccccc2)C=C1c1cccc2ccccc12.Fc1ccc(C2=CC(c3ccc(F)cc3)=N/C2=C(/c2ccccc2)c2c(-c3ccc(F)cc3)cc(-c3ccc(F)cc3)n2B(OCC(F)(F)C(F)(F)F)OCC(F)(F)C(F)(F)F)cc1. The van der Waals surface area contributed by atoms with Crippen molar-refractivity contribution in [3.63, 3.8) is 0 Å². The number of hydrogen-bond donors (Lipinski definition) is 0. The zero-order chi connectivity index (χ0) is 90.1. The Labute approximate surface area is 701 Å². The monoisotopic (exact) mass is 1760 g/mol. The van der Waals surface area contributed by atoms with Crippen LogP contribution in [0.1, 0.15) is 39.2 Å². The van der Waals surface area contributed by atoms with E-state index in [1.54, 1.807) is 66.7 Å². The summed E-state index contributed by atoms with van der Waals surface area (Å²) in [6.45, 7) is -10.4. The van der Waals surface area contributed by atoms with Gasteiger partial charge in [0.15, 0.2) is 0 Å². The Bertz CT molecular complexity index is 6260. The fourth-order valence-electron chi connectivity index (χ4n) is 13.9. The number of aromatic nitrogens is 2. The number of alkyl halides is 20. The molecule has 0 spiro atoms. The van der Waals surface area contributed by atoms with E-state index >= 15 is 0 Å². The lowest BCUT2D eigenvalue weighted by atomic mass is 9.89. The highest BCUT2D eigenvalue weighted by Gasteiger charge is 2.62. The average Bonchev–Trinajstić information content (AvgIpc) is 1.58. The van der Waals surface area contributed by atoms with Gasteiger partial charge in [-0.1, -0.05) is 212 Å². The summed E-state index contributed by atoms with van der Waals surface area (Å²) < 4.78 is 360. The van der Waals surface area contributed by atoms with E-state index in [2.05, 4.69) is 0 Å². The predicted molar refractivity (Wildman–Crippen MR) is 431 cm³/mol. The number of hydrogen-bond acceptors (Lipinski definition) is 6. The molecule has 126 heavy (non-hydrogen) atoms. The van der Waals surface area contributed by atoms with Crippen LogP contribution < -0.4 is 0 Å². The maximum Gasteiger partial charge on any atom is 0.598 e. The lowest BCUT2D eigenvalue weighted by Crippen LogP contribution is -2.48. The van der Waals surface area contributed by atoms with Crippen LogP contribution in [-0.2, 0) is 18.6 Å². The van der Waals surface area contributed by atoms with Crippen molar-refractivity contribution in [2.45, 2.75) is 48.4 Å². The molecule has 15 rings (SSSR count). The largest absolute Gasteiger partial charge is 0.598 e. The van der Waals surface area contributed by atoms with Gasteiger partial charge < -0.3 is 27.6 Å². The van der Waals surface area contributed by atoms with Gasteiger partial charge in [-0.15, -0.1) is 0 Å². The molecule has 11 aromatic carbocycles. The summed E-state index contributed by atoms with van der Waals surface area (Å²) in [4.78, 5) is 9.83. The number of benzene rings is 11. The topological polar surface area (TPSA) is 71.5 Å². The molecule has 2 aliphatic rings. The summed E-state index contributed by atoms with van der Waals surface area (Å²) in [5, 5.41) is 3.04. The molecule has 0 N–H and O–H groups in total. The summed E-state index contributed by atoms with van der Waals surface area (Å²) in [6.07, 6.45) is -20.3. The van der Waals surface area contributed by atoms with E-state index in [0.29, 0.717) is 43.4 Å². The lowest BCUT2D eigenvalue weighted by molar-refractivity contribution is -0.296. The molecule has 0 unspecified atom stereocenters. The third kappa shape index (κ3) is 19.2. The van der Waals surface area contributed by atoms with Crippen molar-refractivity contribution >= 4 is 70.3 Å². The third-order valence-corrected chi connectivity index (χ3v) is 20.1. The summed E-state index contributed by atoms with van der Waals surface area (Å²) in [5.74, 6) is -25.6. The number of nitrogens with zero attached hydrogens (tertiary/aromatic N) is 4. The molecule has 0 saturated heterocycles. The van der Waals surface area contributed by atoms with Crippen LogP contribution in [0.25, 0.3) is 89.1 Å². The van der Waals surface area contributed by atoms with Crippen molar-refractivity contribution in [1.82, 2.24) is 8.96 Å². The van der Waals surface area contributed by atoms with Crippen molar-refractivity contribution in [2.24, 2.45) is 9.98 Å². The molecule has 644 valence electrons. The van der Waals surface area contributed by atoms with Crippen LogP contribution >= 0.6 is 0 Å². The zero-order valence-corrected chi connectivity index (χ0v) is 64.3. The standard InChI is InChI=1S/C47H31BF10N2O2.C45H27BF14N2O2/c49-44(50,46(53,54)55)28-61-48(62-29-45(51,52)47(56,57)58)60-42(33-17-5-2-6-18-33)26-39(37-24-12-20-31-14-8-10-22-35(31)37)43(60)27-41-38(25-40(59-41)32-15-3-1-4-16-32)36-23-11-19-30-13-7-9-21-34(30)36;47-31-14-6-26(7-15-31)35-22-37(28-10-18-33(49)19-11-28)61-40(35)39(30-4-2-1-3-5-30)41-36(27-8-16-32(48)17-9-27)23-38(29-12-20-34(50)21-13-29)62(41)46(63-24-42(51,52)44(55,56)57)64-25-43(53,54)45(58,59)60/h1-27H,28-29H2;1-23H,24-25H2/b41-27-;40-39-. The summed E-state index contributed by atoms with van der Waals surface area (Å²) in [6, 6.07) is 70.6. The summed E-state index contributed by atoms with van der Waals surface area (Å²) in [7, 11) is -5.75. The molecule has 34 heteroatoms. The van der Waals surface area contributed by atoms with Crippen LogP contribution in [-0.4, -0.2) is 110 Å². The first-order valence-corrected chi connectivity index (χ1v) is 37.6. The zero-order valence-electron chi connectivity index (χ0n) is 64.3. The molecule has 8 nitrogen and oxygen atoms in total. The molecular weight excluding hydrogens is 1700 g/mol. The Hall–Kier alpha value is -12.9. The highest BCUT2D eigenvalue weighted by molar-refractivity contribution is 6.45. The van der Waals surface area contributed by atoms with Crippen molar-refractivity contribution in [2.75, 3.05) is 26.4 Å². The quantitative estimate of drug-likeness (QED) is 0.0422. The van der Waals surface area contributed by atoms with Gasteiger partial charge in [0.1, 0.15) is 49.7 Å². The minimum Gasteiger partial charge on any atom is -0.385 e. The Morgan fingerprint density at radius 3 is 1.12 bits per heavy atom. The van der Waals surface area contributed by atoms with Crippen LogP contribution in [0.4, 0.5) is 105 Å². The third-order valence-electron chi connectivity index (χ3n) is 20.1. The molecule has 0 bridgehead atoms. The number of rotatable bonds is 25. The number of allylic oxidation sites excluding steroid dienone is 4. The van der Waals surface area contributed by atoms with Gasteiger partial charge >= 0.3 is 62.9 Å². The second-order valence-electron chi connectivity index (χ2n) is 28.6. The van der Waals surface area contributed by atoms with E-state index in [1.807, 2.05) is 78.9 Å². The van der Waals surface area contributed by atoms with Crippen LogP contribution in [0.5, 0.6) is 0 Å². The van der Waals surface area contributed by atoms with Gasteiger partial charge in [0.2, 0.25) is 0 Å². The van der Waals surface area contributed by atoms with Gasteiger partial charge in [-0.3, -0.25) is 0 Å². The number of aliphatic imine (C=N–C) groups is 2. The number of fused-ring (bicyclic) bond motifs is 2. The average molecular weight is 1760 g/mol. The first-order valence-electron chi connectivity index (χ1n) is 37.6. The lowest BCUT2D eigenvalue weighted by Gasteiger charge is -2.27. The van der Waals surface area contributed by atoms with Crippen LogP contribution in [0, 0.1) is 23.3 Å². The first kappa shape index (κ1) is 89.4. The van der Waals surface area contributed by atoms with E-state index in [4.69, 9.17) is 28.6 Å². The molecule has 2 aromatic heterocycles. The molecular formula is C92H58B2F24N4O4. The van der Waals surface area contributed by atoms with Crippen molar-refractivity contribution in [3.8, 4) is 44.8 Å². The van der Waals surface area contributed by atoms with Crippen LogP contribution in [0.2, 0.25) is 0 Å². The normalized spacial score (nSPS) is 14.4. The minimum atomic E-state index is -6.33. The van der Waals surface area contributed by atoms with Crippen LogP contribution in [0.3, 0.4) is 0 Å². The molecule has 0 saturated carbocycles. The Kier molecular flexibility index (Phi) is 25.3. The fraction of sp³-hybridized carbons (Fsp3) is 0.130. The van der Waals surface area contributed by atoms with Gasteiger partial charge in [0, 0.05) is 56.1 Å².